The van der Waals surface area contributed by atoms with Crippen LogP contribution in [0.4, 0.5) is 0 Å². The Kier molecular flexibility index (Phi) is 8.54. The fourth-order valence-corrected chi connectivity index (χ4v) is 4.51. The summed E-state index contributed by atoms with van der Waals surface area (Å²) in [5.41, 5.74) is 2.84. The van der Waals surface area contributed by atoms with E-state index in [4.69, 9.17) is 9.47 Å². The molecule has 5 aromatic rings. The first-order valence-electron chi connectivity index (χ1n) is 12.3. The molecular weight excluding hydrogens is 502 g/mol. The zero-order valence-electron chi connectivity index (χ0n) is 20.8. The van der Waals surface area contributed by atoms with E-state index in [1.807, 2.05) is 85.8 Å². The summed E-state index contributed by atoms with van der Waals surface area (Å²) in [5, 5.41) is 28.2. The average molecular weight is 530 g/mol. The molecule has 38 heavy (non-hydrogen) atoms. The highest BCUT2D eigenvalue weighted by atomic mass is 32.2. The van der Waals surface area contributed by atoms with Crippen LogP contribution in [0.1, 0.15) is 18.9 Å². The molecule has 5 rings (SSSR count). The van der Waals surface area contributed by atoms with Gasteiger partial charge in [0.25, 0.3) is 0 Å². The lowest BCUT2D eigenvalue weighted by atomic mass is 10.2. The normalized spacial score (nSPS) is 11.0. The van der Waals surface area contributed by atoms with Crippen molar-refractivity contribution in [1.82, 2.24) is 45.7 Å². The van der Waals surface area contributed by atoms with Gasteiger partial charge in [-0.25, -0.2) is 0 Å². The first-order valence-corrected chi connectivity index (χ1v) is 13.2. The van der Waals surface area contributed by atoms with E-state index in [1.165, 1.54) is 0 Å². The highest BCUT2D eigenvalue weighted by Crippen LogP contribution is 2.32. The lowest BCUT2D eigenvalue weighted by Crippen LogP contribution is -2.15. The van der Waals surface area contributed by atoms with E-state index in [1.54, 1.807) is 21.1 Å². The smallest absolute Gasteiger partial charge is 0.346 e. The van der Waals surface area contributed by atoms with Crippen LogP contribution in [0.3, 0.4) is 0 Å². The van der Waals surface area contributed by atoms with Gasteiger partial charge in [0.05, 0.1) is 18.0 Å². The topological polar surface area (TPSA) is 118 Å². The number of aromatic nitrogens is 8. The first-order chi connectivity index (χ1) is 18.8. The summed E-state index contributed by atoms with van der Waals surface area (Å²) in [6.07, 6.45) is 0.966. The second-order valence-corrected chi connectivity index (χ2v) is 9.17. The molecule has 1 N–H and O–H groups in total. The van der Waals surface area contributed by atoms with Gasteiger partial charge in [0.2, 0.25) is 5.16 Å². The van der Waals surface area contributed by atoms with Gasteiger partial charge in [0, 0.05) is 12.3 Å². The van der Waals surface area contributed by atoms with Crippen LogP contribution in [0.15, 0.2) is 84.0 Å². The van der Waals surface area contributed by atoms with E-state index < -0.39 is 0 Å². The molecule has 0 saturated heterocycles. The Labute approximate surface area is 224 Å². The number of nitrogens with one attached hydrogen (secondary N) is 1. The van der Waals surface area contributed by atoms with Crippen molar-refractivity contribution in [2.75, 3.05) is 18.9 Å². The quantitative estimate of drug-likeness (QED) is 0.176. The zero-order chi connectivity index (χ0) is 26.0. The van der Waals surface area contributed by atoms with Crippen molar-refractivity contribution in [3.63, 3.8) is 0 Å². The van der Waals surface area contributed by atoms with Gasteiger partial charge in [0.1, 0.15) is 0 Å². The third-order valence-corrected chi connectivity index (χ3v) is 6.46. The van der Waals surface area contributed by atoms with Crippen molar-refractivity contribution in [3.8, 4) is 28.9 Å². The van der Waals surface area contributed by atoms with Gasteiger partial charge >= 0.3 is 6.01 Å². The second-order valence-electron chi connectivity index (χ2n) is 8.11. The van der Waals surface area contributed by atoms with E-state index in [9.17, 15) is 0 Å². The number of thioether (sulfide) groups is 1. The minimum absolute atomic E-state index is 0.263. The Hall–Kier alpha value is -4.29. The number of tetrazole rings is 2. The maximum atomic E-state index is 6.04. The van der Waals surface area contributed by atoms with Crippen LogP contribution in [-0.2, 0) is 6.54 Å². The Bertz CT molecular complexity index is 1430. The van der Waals surface area contributed by atoms with E-state index in [0.29, 0.717) is 24.7 Å². The molecule has 0 aliphatic heterocycles. The predicted octanol–water partition coefficient (Wildman–Crippen LogP) is 4.10. The number of ether oxygens (including phenoxy) is 2. The Morgan fingerprint density at radius 3 is 2.29 bits per heavy atom. The van der Waals surface area contributed by atoms with E-state index in [2.05, 4.69) is 36.4 Å². The monoisotopic (exact) mass is 529 g/mol. The van der Waals surface area contributed by atoms with Gasteiger partial charge in [-0.2, -0.15) is 9.36 Å². The van der Waals surface area contributed by atoms with E-state index in [0.717, 1.165) is 40.8 Å². The molecular formula is C26H27N9O2S. The molecule has 0 radical (unpaired) electrons. The number of hydrogen-bond acceptors (Lipinski definition) is 10. The Balaban J connectivity index is 1.13. The van der Waals surface area contributed by atoms with Crippen LogP contribution in [-0.4, -0.2) is 59.3 Å². The maximum Gasteiger partial charge on any atom is 0.346 e. The molecule has 12 heteroatoms. The van der Waals surface area contributed by atoms with Crippen LogP contribution in [0.25, 0.3) is 11.4 Å². The fraction of sp³-hybridized carbons (Fsp3) is 0.231. The largest absolute Gasteiger partial charge is 0.490 e. The number of benzene rings is 3. The van der Waals surface area contributed by atoms with Gasteiger partial charge in [0.15, 0.2) is 11.5 Å². The highest BCUT2D eigenvalue weighted by molar-refractivity contribution is 7.99. The minimum Gasteiger partial charge on any atom is -0.490 e. The maximum absolute atomic E-state index is 6.04. The summed E-state index contributed by atoms with van der Waals surface area (Å²) < 4.78 is 15.2. The fourth-order valence-electron chi connectivity index (χ4n) is 3.68. The summed E-state index contributed by atoms with van der Waals surface area (Å²) in [6.45, 7) is 4.01. The van der Waals surface area contributed by atoms with Crippen molar-refractivity contribution >= 4 is 11.8 Å². The van der Waals surface area contributed by atoms with Crippen LogP contribution in [0, 0.1) is 0 Å². The molecule has 0 amide bonds. The molecule has 194 valence electrons. The molecule has 11 nitrogen and oxygen atoms in total. The van der Waals surface area contributed by atoms with Gasteiger partial charge < -0.3 is 14.8 Å². The van der Waals surface area contributed by atoms with Crippen LogP contribution in [0.2, 0.25) is 0 Å². The molecule has 0 unspecified atom stereocenters. The van der Waals surface area contributed by atoms with Gasteiger partial charge in [-0.15, -0.1) is 5.10 Å². The second kappa shape index (κ2) is 12.8. The predicted molar refractivity (Wildman–Crippen MR) is 143 cm³/mol. The molecule has 0 atom stereocenters. The summed E-state index contributed by atoms with van der Waals surface area (Å²) >= 11 is 1.64. The van der Waals surface area contributed by atoms with E-state index >= 15 is 0 Å². The average Bonchev–Trinajstić information content (AvgIpc) is 3.63. The molecule has 2 heterocycles. The number of hydrogen-bond donors (Lipinski definition) is 1. The van der Waals surface area contributed by atoms with Crippen LogP contribution < -0.4 is 14.8 Å². The van der Waals surface area contributed by atoms with Crippen molar-refractivity contribution < 1.29 is 9.47 Å². The summed E-state index contributed by atoms with van der Waals surface area (Å²) in [4.78, 5) is 0. The number of rotatable bonds is 13. The van der Waals surface area contributed by atoms with Crippen molar-refractivity contribution in [2.45, 2.75) is 25.0 Å². The molecule has 0 bridgehead atoms. The minimum atomic E-state index is 0.263. The number of nitrogens with zero attached hydrogens (tertiary/aromatic N) is 8. The van der Waals surface area contributed by atoms with Crippen molar-refractivity contribution in [2.24, 2.45) is 0 Å². The Morgan fingerprint density at radius 2 is 1.53 bits per heavy atom. The molecule has 0 saturated carbocycles. The van der Waals surface area contributed by atoms with E-state index in [-0.39, 0.29) is 6.01 Å². The molecule has 2 aromatic heterocycles. The molecule has 0 aliphatic rings. The summed E-state index contributed by atoms with van der Waals surface area (Å²) in [5.74, 6) is 2.08. The number of para-hydroxylation sites is 2. The summed E-state index contributed by atoms with van der Waals surface area (Å²) in [7, 11) is 0. The molecule has 0 spiro atoms. The zero-order valence-corrected chi connectivity index (χ0v) is 21.7. The van der Waals surface area contributed by atoms with Crippen molar-refractivity contribution in [1.29, 1.82) is 0 Å². The van der Waals surface area contributed by atoms with Crippen LogP contribution >= 0.6 is 11.8 Å². The Morgan fingerprint density at radius 1 is 0.816 bits per heavy atom. The first kappa shape index (κ1) is 25.4. The molecule has 3 aromatic carbocycles. The summed E-state index contributed by atoms with van der Waals surface area (Å²) in [6, 6.07) is 25.6. The SMILES string of the molecule is CCOc1cc(CNCCCSc2nnnn2-c2ccccc2)ccc1Oc1nnnn1-c1ccccc1. The van der Waals surface area contributed by atoms with Crippen molar-refractivity contribution in [3.05, 3.63) is 84.4 Å². The third-order valence-electron chi connectivity index (χ3n) is 5.45. The lowest BCUT2D eigenvalue weighted by Gasteiger charge is -2.13. The van der Waals surface area contributed by atoms with Gasteiger partial charge in [-0.3, -0.25) is 0 Å². The molecule has 0 aliphatic carbocycles. The van der Waals surface area contributed by atoms with Gasteiger partial charge in [-0.1, -0.05) is 59.3 Å². The third kappa shape index (κ3) is 6.33. The molecule has 0 fully saturated rings. The lowest BCUT2D eigenvalue weighted by molar-refractivity contribution is 0.315. The standard InChI is InChI=1S/C26H27N9O2S/c1-2-36-24-18-20(14-15-23(24)37-25-28-30-32-34(25)21-10-5-3-6-11-21)19-27-16-9-17-38-26-29-31-33-35(26)22-12-7-4-8-13-22/h3-8,10-15,18,27H,2,9,16-17,19H2,1H3. The highest BCUT2D eigenvalue weighted by Gasteiger charge is 2.14. The van der Waals surface area contributed by atoms with Crippen LogP contribution in [0.5, 0.6) is 17.5 Å². The van der Waals surface area contributed by atoms with Gasteiger partial charge in [-0.05, 0) is 82.7 Å².